The lowest BCUT2D eigenvalue weighted by atomic mass is 9.95. The smallest absolute Gasteiger partial charge is 0.270 e. The number of carbonyl (C=O) groups excluding carboxylic acids is 1. The van der Waals surface area contributed by atoms with Gasteiger partial charge in [-0.25, -0.2) is 9.97 Å². The molecule has 1 saturated heterocycles. The molecule has 1 saturated carbocycles. The Bertz CT molecular complexity index is 569. The summed E-state index contributed by atoms with van der Waals surface area (Å²) in [6.07, 6.45) is 5.81. The van der Waals surface area contributed by atoms with Crippen LogP contribution in [0.1, 0.15) is 48.3 Å². The van der Waals surface area contributed by atoms with Crippen LogP contribution < -0.4 is 10.6 Å². The van der Waals surface area contributed by atoms with Crippen molar-refractivity contribution in [3.05, 3.63) is 17.5 Å². The highest BCUT2D eigenvalue weighted by atomic mass is 16.5. The molecule has 1 amide bonds. The van der Waals surface area contributed by atoms with Crippen LogP contribution in [0.3, 0.4) is 0 Å². The minimum atomic E-state index is -0.0892. The van der Waals surface area contributed by atoms with E-state index in [2.05, 4.69) is 25.5 Å². The van der Waals surface area contributed by atoms with Crippen LogP contribution in [0, 0.1) is 6.92 Å². The molecule has 3 rings (SSSR count). The summed E-state index contributed by atoms with van der Waals surface area (Å²) in [4.78, 5) is 23.6. The molecule has 25 heavy (non-hydrogen) atoms. The van der Waals surface area contributed by atoms with Gasteiger partial charge in [0.1, 0.15) is 5.69 Å². The van der Waals surface area contributed by atoms with E-state index < -0.39 is 0 Å². The molecule has 0 unspecified atom stereocenters. The second kappa shape index (κ2) is 9.10. The molecule has 1 aliphatic heterocycles. The zero-order valence-electron chi connectivity index (χ0n) is 15.1. The quantitative estimate of drug-likeness (QED) is 0.814. The van der Waals surface area contributed by atoms with Crippen molar-refractivity contribution in [1.29, 1.82) is 0 Å². The minimum absolute atomic E-state index is 0.0892. The van der Waals surface area contributed by atoms with Crippen molar-refractivity contribution in [2.45, 2.75) is 45.1 Å². The average molecular weight is 347 g/mol. The molecule has 0 atom stereocenters. The normalized spacial score (nSPS) is 19.6. The van der Waals surface area contributed by atoms with E-state index in [0.717, 1.165) is 57.9 Å². The predicted molar refractivity (Wildman–Crippen MR) is 96.9 cm³/mol. The van der Waals surface area contributed by atoms with Gasteiger partial charge in [0.25, 0.3) is 5.91 Å². The summed E-state index contributed by atoms with van der Waals surface area (Å²) in [5.41, 5.74) is 1.25. The molecule has 0 spiro atoms. The second-order valence-electron chi connectivity index (χ2n) is 6.91. The van der Waals surface area contributed by atoms with Crippen LogP contribution in [-0.2, 0) is 4.74 Å². The first-order valence-corrected chi connectivity index (χ1v) is 9.41. The van der Waals surface area contributed by atoms with Gasteiger partial charge in [-0.2, -0.15) is 0 Å². The Morgan fingerprint density at radius 2 is 2.00 bits per heavy atom. The van der Waals surface area contributed by atoms with E-state index in [1.54, 1.807) is 6.07 Å². The van der Waals surface area contributed by atoms with Gasteiger partial charge in [0.05, 0.1) is 13.2 Å². The van der Waals surface area contributed by atoms with Crippen molar-refractivity contribution in [3.8, 4) is 0 Å². The van der Waals surface area contributed by atoms with Crippen molar-refractivity contribution >= 4 is 11.9 Å². The highest BCUT2D eigenvalue weighted by molar-refractivity contribution is 5.92. The van der Waals surface area contributed by atoms with Gasteiger partial charge in [-0.15, -0.1) is 0 Å². The highest BCUT2D eigenvalue weighted by Gasteiger charge is 2.18. The molecule has 2 fully saturated rings. The van der Waals surface area contributed by atoms with Gasteiger partial charge in [0, 0.05) is 37.9 Å². The van der Waals surface area contributed by atoms with Gasteiger partial charge in [-0.3, -0.25) is 9.69 Å². The van der Waals surface area contributed by atoms with Crippen molar-refractivity contribution in [1.82, 2.24) is 20.2 Å². The first-order chi connectivity index (χ1) is 12.2. The van der Waals surface area contributed by atoms with Crippen LogP contribution in [0.2, 0.25) is 0 Å². The third kappa shape index (κ3) is 5.64. The Morgan fingerprint density at radius 3 is 2.76 bits per heavy atom. The molecule has 0 aromatic carbocycles. The van der Waals surface area contributed by atoms with Crippen molar-refractivity contribution in [3.63, 3.8) is 0 Å². The van der Waals surface area contributed by atoms with Crippen molar-refractivity contribution in [2.75, 3.05) is 44.7 Å². The molecule has 1 aliphatic carbocycles. The summed E-state index contributed by atoms with van der Waals surface area (Å²) in [6, 6.07) is 2.04. The number of aryl methyl sites for hydroxylation is 1. The van der Waals surface area contributed by atoms with E-state index in [9.17, 15) is 4.79 Å². The fourth-order valence-electron chi connectivity index (χ4n) is 3.42. The number of anilines is 1. The summed E-state index contributed by atoms with van der Waals surface area (Å²) >= 11 is 0. The lowest BCUT2D eigenvalue weighted by Crippen LogP contribution is -2.39. The van der Waals surface area contributed by atoms with E-state index in [1.807, 2.05) is 6.92 Å². The van der Waals surface area contributed by atoms with Gasteiger partial charge in [-0.1, -0.05) is 19.3 Å². The summed E-state index contributed by atoms with van der Waals surface area (Å²) in [7, 11) is 0. The number of carbonyl (C=O) groups is 1. The number of morpholine rings is 1. The largest absolute Gasteiger partial charge is 0.379 e. The topological polar surface area (TPSA) is 79.4 Å². The van der Waals surface area contributed by atoms with Gasteiger partial charge in [-0.05, 0) is 25.8 Å². The molecular formula is C18H29N5O2. The SMILES string of the molecule is Cc1cc(C(=O)NC2CCCCC2)nc(NCCN2CCOCC2)n1. The predicted octanol–water partition coefficient (Wildman–Crippen LogP) is 1.59. The average Bonchev–Trinajstić information content (AvgIpc) is 2.63. The number of nitrogens with zero attached hydrogens (tertiary/aromatic N) is 3. The van der Waals surface area contributed by atoms with E-state index in [-0.39, 0.29) is 11.9 Å². The van der Waals surface area contributed by atoms with Crippen LogP contribution in [0.5, 0.6) is 0 Å². The van der Waals surface area contributed by atoms with E-state index in [1.165, 1.54) is 19.3 Å². The molecule has 138 valence electrons. The summed E-state index contributed by atoms with van der Waals surface area (Å²) in [5, 5.41) is 6.37. The maximum absolute atomic E-state index is 12.5. The van der Waals surface area contributed by atoms with Crippen LogP contribution >= 0.6 is 0 Å². The van der Waals surface area contributed by atoms with Crippen LogP contribution in [0.4, 0.5) is 5.95 Å². The van der Waals surface area contributed by atoms with Crippen molar-refractivity contribution in [2.24, 2.45) is 0 Å². The van der Waals surface area contributed by atoms with E-state index >= 15 is 0 Å². The maximum atomic E-state index is 12.5. The molecule has 0 radical (unpaired) electrons. The molecule has 1 aromatic heterocycles. The Morgan fingerprint density at radius 1 is 1.24 bits per heavy atom. The second-order valence-corrected chi connectivity index (χ2v) is 6.91. The van der Waals surface area contributed by atoms with Gasteiger partial charge in [0.15, 0.2) is 0 Å². The molecule has 7 nitrogen and oxygen atoms in total. The number of nitrogens with one attached hydrogen (secondary N) is 2. The molecule has 2 aliphatic rings. The standard InChI is InChI=1S/C18H29N5O2/c1-14-13-16(17(24)21-15-5-3-2-4-6-15)22-18(20-14)19-7-8-23-9-11-25-12-10-23/h13,15H,2-12H2,1H3,(H,21,24)(H,19,20,22). The first kappa shape index (κ1) is 18.1. The molecule has 7 heteroatoms. The number of rotatable bonds is 6. The molecular weight excluding hydrogens is 318 g/mol. The number of hydrogen-bond acceptors (Lipinski definition) is 6. The highest BCUT2D eigenvalue weighted by Crippen LogP contribution is 2.18. The third-order valence-electron chi connectivity index (χ3n) is 4.84. The third-order valence-corrected chi connectivity index (χ3v) is 4.84. The summed E-state index contributed by atoms with van der Waals surface area (Å²) < 4.78 is 5.35. The maximum Gasteiger partial charge on any atom is 0.270 e. The van der Waals surface area contributed by atoms with Crippen LogP contribution in [0.25, 0.3) is 0 Å². The lowest BCUT2D eigenvalue weighted by molar-refractivity contribution is 0.0398. The van der Waals surface area contributed by atoms with Gasteiger partial charge < -0.3 is 15.4 Å². The molecule has 1 aromatic rings. The van der Waals surface area contributed by atoms with Gasteiger partial charge >= 0.3 is 0 Å². The first-order valence-electron chi connectivity index (χ1n) is 9.41. The Labute approximate surface area is 149 Å². The summed E-state index contributed by atoms with van der Waals surface area (Å²) in [6.45, 7) is 7.10. The zero-order chi connectivity index (χ0) is 17.5. The van der Waals surface area contributed by atoms with E-state index in [4.69, 9.17) is 4.74 Å². The van der Waals surface area contributed by atoms with Crippen LogP contribution in [0.15, 0.2) is 6.07 Å². The zero-order valence-corrected chi connectivity index (χ0v) is 15.1. The minimum Gasteiger partial charge on any atom is -0.379 e. The Hall–Kier alpha value is -1.73. The molecule has 2 heterocycles. The van der Waals surface area contributed by atoms with Gasteiger partial charge in [0.2, 0.25) is 5.95 Å². The number of amides is 1. The number of hydrogen-bond donors (Lipinski definition) is 2. The lowest BCUT2D eigenvalue weighted by Gasteiger charge is -2.26. The number of ether oxygens (including phenoxy) is 1. The fraction of sp³-hybridized carbons (Fsp3) is 0.722. The Kier molecular flexibility index (Phi) is 6.58. The summed E-state index contributed by atoms with van der Waals surface area (Å²) in [5.74, 6) is 0.440. The van der Waals surface area contributed by atoms with Crippen molar-refractivity contribution < 1.29 is 9.53 Å². The number of aromatic nitrogens is 2. The van der Waals surface area contributed by atoms with Crippen LogP contribution in [-0.4, -0.2) is 66.2 Å². The fourth-order valence-corrected chi connectivity index (χ4v) is 3.42. The molecule has 2 N–H and O–H groups in total. The monoisotopic (exact) mass is 347 g/mol. The molecule has 0 bridgehead atoms. The Balaban J connectivity index is 1.52. The van der Waals surface area contributed by atoms with E-state index in [0.29, 0.717) is 11.6 Å².